The molecule has 7 heteroatoms. The number of rotatable bonds is 5. The van der Waals surface area contributed by atoms with Crippen molar-refractivity contribution in [3.63, 3.8) is 0 Å². The molecule has 0 saturated heterocycles. The van der Waals surface area contributed by atoms with Crippen molar-refractivity contribution >= 4 is 6.09 Å². The highest BCUT2D eigenvalue weighted by molar-refractivity contribution is 5.67. The number of nitrogens with zero attached hydrogens (tertiary/aromatic N) is 2. The minimum atomic E-state index is -0.338. The molecule has 0 unspecified atom stereocenters. The molecule has 146 valence electrons. The number of alkyl carbamates (subject to hydrolysis) is 1. The molecule has 0 radical (unpaired) electrons. The van der Waals surface area contributed by atoms with Crippen LogP contribution in [0.4, 0.5) is 4.79 Å². The molecule has 3 N–H and O–H groups in total. The van der Waals surface area contributed by atoms with Crippen LogP contribution in [0.1, 0.15) is 44.7 Å². The van der Waals surface area contributed by atoms with Gasteiger partial charge in [0, 0.05) is 17.7 Å². The van der Waals surface area contributed by atoms with Crippen LogP contribution >= 0.6 is 0 Å². The average Bonchev–Trinajstić information content (AvgIpc) is 3.41. The molecule has 1 aliphatic carbocycles. The third-order valence-corrected chi connectivity index (χ3v) is 5.01. The van der Waals surface area contributed by atoms with Crippen molar-refractivity contribution in [1.29, 1.82) is 0 Å². The van der Waals surface area contributed by atoms with E-state index >= 15 is 0 Å². The Hall–Kier alpha value is -3.09. The molecule has 0 aliphatic heterocycles. The number of carbonyl (C=O) groups excluding carboxylic acids is 1. The van der Waals surface area contributed by atoms with Crippen molar-refractivity contribution in [3.05, 3.63) is 48.3 Å². The highest BCUT2D eigenvalue weighted by Crippen LogP contribution is 2.36. The summed E-state index contributed by atoms with van der Waals surface area (Å²) >= 11 is 0. The first-order chi connectivity index (χ1) is 13.6. The maximum Gasteiger partial charge on any atom is 0.407 e. The Morgan fingerprint density at radius 1 is 1.25 bits per heavy atom. The zero-order valence-corrected chi connectivity index (χ0v) is 16.1. The van der Waals surface area contributed by atoms with Gasteiger partial charge in [-0.1, -0.05) is 30.3 Å². The largest absolute Gasteiger partial charge is 0.446 e. The third kappa shape index (κ3) is 4.08. The van der Waals surface area contributed by atoms with Gasteiger partial charge < -0.3 is 15.0 Å². The van der Waals surface area contributed by atoms with Gasteiger partial charge >= 0.3 is 6.09 Å². The van der Waals surface area contributed by atoms with Crippen molar-refractivity contribution in [2.24, 2.45) is 0 Å². The summed E-state index contributed by atoms with van der Waals surface area (Å²) in [7, 11) is 0. The van der Waals surface area contributed by atoms with Gasteiger partial charge in [0.2, 0.25) is 0 Å². The monoisotopic (exact) mass is 379 g/mol. The predicted octanol–water partition coefficient (Wildman–Crippen LogP) is 4.24. The van der Waals surface area contributed by atoms with Crippen molar-refractivity contribution in [2.75, 3.05) is 0 Å². The van der Waals surface area contributed by atoms with Gasteiger partial charge in [-0.25, -0.2) is 9.78 Å². The second kappa shape index (κ2) is 7.88. The number of nitrogens with one attached hydrogen (secondary N) is 3. The molecule has 1 amide bonds. The number of carbonyl (C=O) groups is 1. The first-order valence-corrected chi connectivity index (χ1v) is 9.71. The second-order valence-corrected chi connectivity index (χ2v) is 7.56. The highest BCUT2D eigenvalue weighted by Gasteiger charge is 2.30. The van der Waals surface area contributed by atoms with Gasteiger partial charge in [-0.3, -0.25) is 5.10 Å². The van der Waals surface area contributed by atoms with E-state index < -0.39 is 0 Å². The number of hydrogen-bond donors (Lipinski definition) is 3. The number of aromatic amines is 2. The van der Waals surface area contributed by atoms with Gasteiger partial charge in [0.25, 0.3) is 0 Å². The Morgan fingerprint density at radius 3 is 2.86 bits per heavy atom. The molecule has 1 aliphatic rings. The van der Waals surface area contributed by atoms with Crippen LogP contribution in [0.25, 0.3) is 22.8 Å². The fourth-order valence-electron chi connectivity index (χ4n) is 3.63. The van der Waals surface area contributed by atoms with E-state index in [-0.39, 0.29) is 18.2 Å². The van der Waals surface area contributed by atoms with Crippen LogP contribution in [0, 0.1) is 0 Å². The van der Waals surface area contributed by atoms with Crippen molar-refractivity contribution in [2.45, 2.75) is 51.2 Å². The Kier molecular flexibility index (Phi) is 5.14. The normalized spacial score (nSPS) is 19.1. The number of benzene rings is 1. The van der Waals surface area contributed by atoms with Gasteiger partial charge in [-0.2, -0.15) is 5.10 Å². The van der Waals surface area contributed by atoms with Crippen LogP contribution in [0.3, 0.4) is 0 Å². The van der Waals surface area contributed by atoms with Crippen LogP contribution in [0.5, 0.6) is 0 Å². The molecule has 2 atom stereocenters. The van der Waals surface area contributed by atoms with Crippen molar-refractivity contribution in [3.8, 4) is 22.8 Å². The topological polar surface area (TPSA) is 95.7 Å². The van der Waals surface area contributed by atoms with E-state index in [2.05, 4.69) is 25.5 Å². The number of imidazole rings is 1. The van der Waals surface area contributed by atoms with Gasteiger partial charge in [0.1, 0.15) is 11.8 Å². The maximum absolute atomic E-state index is 11.8. The van der Waals surface area contributed by atoms with Crippen LogP contribution in [-0.4, -0.2) is 38.4 Å². The lowest BCUT2D eigenvalue weighted by atomic mass is 10.0. The van der Waals surface area contributed by atoms with Gasteiger partial charge in [0.05, 0.1) is 11.9 Å². The summed E-state index contributed by atoms with van der Waals surface area (Å²) in [5.41, 5.74) is 3.90. The van der Waals surface area contributed by atoms with Gasteiger partial charge in [-0.05, 0) is 44.7 Å². The van der Waals surface area contributed by atoms with Crippen molar-refractivity contribution < 1.29 is 9.53 Å². The van der Waals surface area contributed by atoms with E-state index in [1.54, 1.807) is 0 Å². The standard InChI is InChI=1S/C21H25N5O2/c1-13(2)23-21(27)28-16-9-8-15(10-16)17-11-18(26-25-17)20-22-12-19(24-20)14-6-4-3-5-7-14/h3-7,11-13,15-16H,8-10H2,1-2H3,(H,22,24)(H,23,27)(H,25,26)/t15-,16+/m0/s1. The molecule has 2 aromatic heterocycles. The molecular weight excluding hydrogens is 354 g/mol. The number of hydrogen-bond acceptors (Lipinski definition) is 4. The molecule has 2 heterocycles. The van der Waals surface area contributed by atoms with Crippen LogP contribution in [-0.2, 0) is 4.74 Å². The second-order valence-electron chi connectivity index (χ2n) is 7.56. The van der Waals surface area contributed by atoms with E-state index in [0.717, 1.165) is 47.7 Å². The lowest BCUT2D eigenvalue weighted by molar-refractivity contribution is 0.0981. The van der Waals surface area contributed by atoms with E-state index in [1.165, 1.54) is 0 Å². The molecule has 1 fully saturated rings. The SMILES string of the molecule is CC(C)NC(=O)O[C@@H]1CC[C@H](c2cc(-c3ncc(-c4ccccc4)[nH]3)n[nH]2)C1. The number of amides is 1. The summed E-state index contributed by atoms with van der Waals surface area (Å²) in [6.07, 6.45) is 4.07. The minimum absolute atomic E-state index is 0.0520. The van der Waals surface area contributed by atoms with Crippen LogP contribution in [0.2, 0.25) is 0 Å². The Labute approximate surface area is 163 Å². The Bertz CT molecular complexity index is 931. The average molecular weight is 379 g/mol. The molecule has 28 heavy (non-hydrogen) atoms. The quantitative estimate of drug-likeness (QED) is 0.618. The molecule has 0 bridgehead atoms. The summed E-state index contributed by atoms with van der Waals surface area (Å²) in [6.45, 7) is 3.84. The van der Waals surface area contributed by atoms with Crippen LogP contribution < -0.4 is 5.32 Å². The molecule has 3 aromatic rings. The first-order valence-electron chi connectivity index (χ1n) is 9.71. The highest BCUT2D eigenvalue weighted by atomic mass is 16.6. The fourth-order valence-corrected chi connectivity index (χ4v) is 3.63. The molecule has 4 rings (SSSR count). The summed E-state index contributed by atoms with van der Waals surface area (Å²) < 4.78 is 5.51. The van der Waals surface area contributed by atoms with E-state index in [1.807, 2.05) is 56.4 Å². The molecule has 7 nitrogen and oxygen atoms in total. The summed E-state index contributed by atoms with van der Waals surface area (Å²) in [5, 5.41) is 10.3. The lowest BCUT2D eigenvalue weighted by Crippen LogP contribution is -2.33. The Morgan fingerprint density at radius 2 is 2.07 bits per heavy atom. The van der Waals surface area contributed by atoms with Gasteiger partial charge in [0.15, 0.2) is 5.82 Å². The van der Waals surface area contributed by atoms with E-state index in [0.29, 0.717) is 5.92 Å². The zero-order valence-electron chi connectivity index (χ0n) is 16.1. The zero-order chi connectivity index (χ0) is 19.5. The summed E-state index contributed by atoms with van der Waals surface area (Å²) in [4.78, 5) is 19.6. The fraction of sp³-hybridized carbons (Fsp3) is 0.381. The minimum Gasteiger partial charge on any atom is -0.446 e. The van der Waals surface area contributed by atoms with Crippen molar-refractivity contribution in [1.82, 2.24) is 25.5 Å². The lowest BCUT2D eigenvalue weighted by Gasteiger charge is -2.14. The summed E-state index contributed by atoms with van der Waals surface area (Å²) in [6, 6.07) is 12.2. The van der Waals surface area contributed by atoms with Gasteiger partial charge in [-0.15, -0.1) is 0 Å². The maximum atomic E-state index is 11.8. The Balaban J connectivity index is 1.40. The molecule has 1 saturated carbocycles. The molecule has 0 spiro atoms. The first kappa shape index (κ1) is 18.3. The smallest absolute Gasteiger partial charge is 0.407 e. The molecular formula is C21H25N5O2. The third-order valence-electron chi connectivity index (χ3n) is 5.01. The summed E-state index contributed by atoms with van der Waals surface area (Å²) in [5.74, 6) is 1.05. The van der Waals surface area contributed by atoms with E-state index in [4.69, 9.17) is 4.74 Å². The number of ether oxygens (including phenoxy) is 1. The van der Waals surface area contributed by atoms with E-state index in [9.17, 15) is 4.79 Å². The number of aromatic nitrogens is 4. The molecule has 1 aromatic carbocycles. The number of H-pyrrole nitrogens is 2. The predicted molar refractivity (Wildman–Crippen MR) is 107 cm³/mol. The van der Waals surface area contributed by atoms with Crippen LogP contribution in [0.15, 0.2) is 42.6 Å².